The third-order valence-corrected chi connectivity index (χ3v) is 6.75. The van der Waals surface area contributed by atoms with E-state index in [1.54, 1.807) is 0 Å². The lowest BCUT2D eigenvalue weighted by atomic mass is 10.0. The number of benzene rings is 2. The van der Waals surface area contributed by atoms with Crippen molar-refractivity contribution in [3.63, 3.8) is 0 Å². The van der Waals surface area contributed by atoms with Gasteiger partial charge in [-0.05, 0) is 56.9 Å². The maximum absolute atomic E-state index is 13.4. The molecule has 170 valence electrons. The van der Waals surface area contributed by atoms with Crippen LogP contribution >= 0.6 is 0 Å². The minimum Gasteiger partial charge on any atom is -0.465 e. The third kappa shape index (κ3) is 4.23. The summed E-state index contributed by atoms with van der Waals surface area (Å²) in [5.41, 5.74) is 4.71. The number of carbonyl (C=O) groups is 2. The minimum atomic E-state index is -0.876. The predicted octanol–water partition coefficient (Wildman–Crippen LogP) is 4.59. The van der Waals surface area contributed by atoms with Crippen molar-refractivity contribution in [3.05, 3.63) is 72.2 Å². The Morgan fingerprint density at radius 1 is 0.939 bits per heavy atom. The maximum Gasteiger partial charge on any atom is 0.407 e. The molecule has 0 spiro atoms. The van der Waals surface area contributed by atoms with Gasteiger partial charge in [-0.15, -0.1) is 0 Å². The van der Waals surface area contributed by atoms with Crippen molar-refractivity contribution >= 4 is 12.0 Å². The smallest absolute Gasteiger partial charge is 0.407 e. The van der Waals surface area contributed by atoms with Crippen LogP contribution in [0.15, 0.2) is 60.9 Å². The van der Waals surface area contributed by atoms with Gasteiger partial charge in [0, 0.05) is 47.7 Å². The highest BCUT2D eigenvalue weighted by Gasteiger charge is 2.39. The molecule has 1 aliphatic carbocycles. The molecular weight excluding hydrogens is 416 g/mol. The van der Waals surface area contributed by atoms with E-state index in [1.807, 2.05) is 65.2 Å². The Labute approximate surface area is 193 Å². The fraction of sp³-hybridized carbons (Fsp3) is 0.346. The molecule has 7 heteroatoms. The first-order valence-corrected chi connectivity index (χ1v) is 11.5. The molecule has 2 aliphatic rings. The molecule has 1 N–H and O–H groups in total. The Morgan fingerprint density at radius 2 is 1.58 bits per heavy atom. The molecular formula is C26H28N4O3. The van der Waals surface area contributed by atoms with Gasteiger partial charge in [-0.2, -0.15) is 0 Å². The lowest BCUT2D eigenvalue weighted by Gasteiger charge is -2.38. The maximum atomic E-state index is 13.4. The summed E-state index contributed by atoms with van der Waals surface area (Å²) in [6.07, 6.45) is 4.39. The first-order valence-electron chi connectivity index (χ1n) is 11.5. The quantitative estimate of drug-likeness (QED) is 0.624. The van der Waals surface area contributed by atoms with E-state index in [2.05, 4.69) is 17.1 Å². The fourth-order valence-corrected chi connectivity index (χ4v) is 4.78. The molecule has 2 heterocycles. The second-order valence-electron chi connectivity index (χ2n) is 8.91. The first-order chi connectivity index (χ1) is 16.0. The van der Waals surface area contributed by atoms with Crippen LogP contribution in [-0.4, -0.2) is 61.6 Å². The number of carbonyl (C=O) groups excluding carboxylic acids is 1. The van der Waals surface area contributed by atoms with Crippen molar-refractivity contribution in [2.45, 2.75) is 44.7 Å². The van der Waals surface area contributed by atoms with Crippen molar-refractivity contribution in [1.82, 2.24) is 19.4 Å². The van der Waals surface area contributed by atoms with E-state index in [4.69, 9.17) is 0 Å². The van der Waals surface area contributed by atoms with Crippen LogP contribution in [0.3, 0.4) is 0 Å². The van der Waals surface area contributed by atoms with Crippen molar-refractivity contribution in [2.75, 3.05) is 13.1 Å². The molecule has 0 atom stereocenters. The van der Waals surface area contributed by atoms with Gasteiger partial charge in [-0.1, -0.05) is 30.3 Å². The zero-order valence-corrected chi connectivity index (χ0v) is 18.7. The van der Waals surface area contributed by atoms with Crippen molar-refractivity contribution in [1.29, 1.82) is 0 Å². The number of hydrogen-bond acceptors (Lipinski definition) is 3. The van der Waals surface area contributed by atoms with Crippen molar-refractivity contribution in [2.24, 2.45) is 0 Å². The Morgan fingerprint density at radius 3 is 2.18 bits per heavy atom. The molecule has 0 radical (unpaired) electrons. The van der Waals surface area contributed by atoms with Gasteiger partial charge in [-0.25, -0.2) is 9.78 Å². The van der Waals surface area contributed by atoms with Gasteiger partial charge in [0.1, 0.15) is 6.33 Å². The fourth-order valence-electron chi connectivity index (χ4n) is 4.78. The zero-order chi connectivity index (χ0) is 22.9. The average molecular weight is 445 g/mol. The lowest BCUT2D eigenvalue weighted by Crippen LogP contribution is -2.49. The van der Waals surface area contributed by atoms with Crippen molar-refractivity contribution < 1.29 is 14.7 Å². The van der Waals surface area contributed by atoms with Crippen LogP contribution in [0, 0.1) is 6.92 Å². The van der Waals surface area contributed by atoms with Crippen LogP contribution < -0.4 is 0 Å². The average Bonchev–Trinajstić information content (AvgIpc) is 3.60. The van der Waals surface area contributed by atoms with Gasteiger partial charge in [0.15, 0.2) is 0 Å². The number of rotatable bonds is 5. The van der Waals surface area contributed by atoms with Crippen LogP contribution in [0.5, 0.6) is 0 Å². The molecule has 1 saturated heterocycles. The molecule has 3 aromatic rings. The number of nitrogens with zero attached hydrogens (tertiary/aromatic N) is 4. The summed E-state index contributed by atoms with van der Waals surface area (Å²) in [6.45, 7) is 3.02. The Balaban J connectivity index is 1.33. The molecule has 2 fully saturated rings. The SMILES string of the molecule is Cc1c(-c2ccccc2)ncn1-c1ccc(C(=O)N(C2CC2)C2CCN(C(=O)O)CC2)cc1. The van der Waals surface area contributed by atoms with E-state index in [1.165, 1.54) is 4.90 Å². The number of carboxylic acid groups (broad SMARTS) is 1. The molecule has 5 rings (SSSR count). The van der Waals surface area contributed by atoms with Crippen LogP contribution in [0.4, 0.5) is 4.79 Å². The van der Waals surface area contributed by atoms with Gasteiger partial charge in [0.05, 0.1) is 5.69 Å². The highest BCUT2D eigenvalue weighted by atomic mass is 16.4. The topological polar surface area (TPSA) is 78.7 Å². The minimum absolute atomic E-state index is 0.0464. The van der Waals surface area contributed by atoms with Crippen LogP contribution in [0.1, 0.15) is 41.7 Å². The van der Waals surface area contributed by atoms with E-state index >= 15 is 0 Å². The lowest BCUT2D eigenvalue weighted by molar-refractivity contribution is 0.0551. The van der Waals surface area contributed by atoms with Crippen LogP contribution in [0.2, 0.25) is 0 Å². The number of hydrogen-bond donors (Lipinski definition) is 1. The van der Waals surface area contributed by atoms with Crippen LogP contribution in [-0.2, 0) is 0 Å². The van der Waals surface area contributed by atoms with E-state index in [9.17, 15) is 14.7 Å². The standard InChI is InChI=1S/C26H28N4O3/c1-18-24(19-5-3-2-4-6-19)27-17-29(18)21-9-7-20(8-10-21)25(31)30(22-11-12-22)23-13-15-28(16-14-23)26(32)33/h2-10,17,22-23H,11-16H2,1H3,(H,32,33). The Bertz CT molecular complexity index is 1140. The summed E-state index contributed by atoms with van der Waals surface area (Å²) in [7, 11) is 0. The Hall–Kier alpha value is -3.61. The van der Waals surface area contributed by atoms with Crippen molar-refractivity contribution in [3.8, 4) is 16.9 Å². The van der Waals surface area contributed by atoms with Gasteiger partial charge in [0.2, 0.25) is 0 Å². The summed E-state index contributed by atoms with van der Waals surface area (Å²) < 4.78 is 2.04. The molecule has 0 unspecified atom stereocenters. The summed E-state index contributed by atoms with van der Waals surface area (Å²) in [5.74, 6) is 0.0464. The molecule has 2 amide bonds. The molecule has 1 aliphatic heterocycles. The summed E-state index contributed by atoms with van der Waals surface area (Å²) in [6, 6.07) is 18.2. The number of piperidine rings is 1. The zero-order valence-electron chi connectivity index (χ0n) is 18.7. The molecule has 1 saturated carbocycles. The van der Waals surface area contributed by atoms with E-state index in [0.717, 1.165) is 35.5 Å². The van der Waals surface area contributed by atoms with E-state index in [0.29, 0.717) is 31.5 Å². The van der Waals surface area contributed by atoms with E-state index in [-0.39, 0.29) is 18.0 Å². The second kappa shape index (κ2) is 8.73. The van der Waals surface area contributed by atoms with Gasteiger partial charge >= 0.3 is 6.09 Å². The summed E-state index contributed by atoms with van der Waals surface area (Å²) >= 11 is 0. The molecule has 33 heavy (non-hydrogen) atoms. The summed E-state index contributed by atoms with van der Waals surface area (Å²) in [4.78, 5) is 32.7. The van der Waals surface area contributed by atoms with Gasteiger partial charge in [-0.3, -0.25) is 4.79 Å². The Kier molecular flexibility index (Phi) is 5.62. The molecule has 1 aromatic heterocycles. The number of aromatic nitrogens is 2. The molecule has 0 bridgehead atoms. The largest absolute Gasteiger partial charge is 0.465 e. The van der Waals surface area contributed by atoms with Crippen LogP contribution in [0.25, 0.3) is 16.9 Å². The molecule has 2 aromatic carbocycles. The third-order valence-electron chi connectivity index (χ3n) is 6.75. The summed E-state index contributed by atoms with van der Waals surface area (Å²) in [5, 5.41) is 9.22. The number of amides is 2. The van der Waals surface area contributed by atoms with Gasteiger partial charge in [0.25, 0.3) is 5.91 Å². The van der Waals surface area contributed by atoms with E-state index < -0.39 is 6.09 Å². The first kappa shape index (κ1) is 21.2. The number of likely N-dealkylation sites (tertiary alicyclic amines) is 1. The highest BCUT2D eigenvalue weighted by Crippen LogP contribution is 2.33. The van der Waals surface area contributed by atoms with Gasteiger partial charge < -0.3 is 19.5 Å². The highest BCUT2D eigenvalue weighted by molar-refractivity contribution is 5.95. The second-order valence-corrected chi connectivity index (χ2v) is 8.91. The predicted molar refractivity (Wildman–Crippen MR) is 126 cm³/mol. The molecule has 7 nitrogen and oxygen atoms in total. The monoisotopic (exact) mass is 444 g/mol. The normalized spacial score (nSPS) is 16.6. The number of imidazole rings is 1.